The van der Waals surface area contributed by atoms with Crippen molar-refractivity contribution in [3.63, 3.8) is 0 Å². The number of hydrogen-bond acceptors (Lipinski definition) is 5. The first-order valence-corrected chi connectivity index (χ1v) is 11.3. The average molecular weight is 433 g/mol. The Morgan fingerprint density at radius 1 is 1.26 bits per heavy atom. The molecule has 1 saturated heterocycles. The number of amides is 1. The van der Waals surface area contributed by atoms with Crippen LogP contribution in [-0.2, 0) is 9.53 Å². The summed E-state index contributed by atoms with van der Waals surface area (Å²) < 4.78 is 7.27. The smallest absolute Gasteiger partial charge is 0.246 e. The van der Waals surface area contributed by atoms with Crippen LogP contribution in [-0.4, -0.2) is 46.4 Å². The largest absolute Gasteiger partial charge is 0.381 e. The summed E-state index contributed by atoms with van der Waals surface area (Å²) in [5.74, 6) is -0.0771. The predicted octanol–water partition coefficient (Wildman–Crippen LogP) is 4.54. The third kappa shape index (κ3) is 5.10. The molecule has 0 spiro atoms. The summed E-state index contributed by atoms with van der Waals surface area (Å²) in [5, 5.41) is 15.8. The quantitative estimate of drug-likeness (QED) is 0.514. The van der Waals surface area contributed by atoms with Crippen LogP contribution in [0.3, 0.4) is 0 Å². The molecule has 1 aliphatic heterocycles. The predicted molar refractivity (Wildman–Crippen MR) is 122 cm³/mol. The molecule has 1 fully saturated rings. The molecule has 0 atom stereocenters. The maximum absolute atomic E-state index is 13.1. The number of benzene rings is 1. The Bertz CT molecular complexity index is 1060. The molecule has 0 bridgehead atoms. The van der Waals surface area contributed by atoms with Crippen LogP contribution < -0.4 is 0 Å². The van der Waals surface area contributed by atoms with Crippen LogP contribution in [0.2, 0.25) is 0 Å². The van der Waals surface area contributed by atoms with Crippen molar-refractivity contribution in [3.8, 4) is 22.3 Å². The minimum absolute atomic E-state index is 0.0771. The van der Waals surface area contributed by atoms with Gasteiger partial charge in [-0.15, -0.1) is 11.3 Å². The van der Waals surface area contributed by atoms with E-state index in [1.165, 1.54) is 0 Å². The van der Waals surface area contributed by atoms with Crippen LogP contribution >= 0.6 is 11.3 Å². The molecular formula is C24H24N4O2S. The number of ether oxygens (including phenoxy) is 1. The van der Waals surface area contributed by atoms with Gasteiger partial charge in [0.1, 0.15) is 5.69 Å². The third-order valence-electron chi connectivity index (χ3n) is 5.30. The molecule has 1 amide bonds. The number of thiophene rings is 1. The van der Waals surface area contributed by atoms with Gasteiger partial charge in [0.25, 0.3) is 0 Å². The van der Waals surface area contributed by atoms with Crippen LogP contribution in [0.25, 0.3) is 22.3 Å². The Balaban J connectivity index is 1.61. The Hall–Kier alpha value is -3.21. The minimum Gasteiger partial charge on any atom is -0.381 e. The summed E-state index contributed by atoms with van der Waals surface area (Å²) in [5.41, 5.74) is 2.69. The number of rotatable bonds is 7. The highest BCUT2D eigenvalue weighted by Crippen LogP contribution is 2.28. The molecule has 1 aromatic carbocycles. The topological polar surface area (TPSA) is 71.2 Å². The highest BCUT2D eigenvalue weighted by Gasteiger charge is 2.24. The van der Waals surface area contributed by atoms with Gasteiger partial charge in [-0.3, -0.25) is 4.79 Å². The summed E-state index contributed by atoms with van der Waals surface area (Å²) in [6.07, 6.45) is 7.32. The van der Waals surface area contributed by atoms with Gasteiger partial charge in [-0.2, -0.15) is 10.4 Å². The van der Waals surface area contributed by atoms with Crippen molar-refractivity contribution in [2.75, 3.05) is 19.8 Å². The summed E-state index contributed by atoms with van der Waals surface area (Å²) in [4.78, 5) is 15.9. The van der Waals surface area contributed by atoms with E-state index < -0.39 is 0 Å². The van der Waals surface area contributed by atoms with Crippen molar-refractivity contribution in [1.82, 2.24) is 14.7 Å². The van der Waals surface area contributed by atoms with Gasteiger partial charge >= 0.3 is 0 Å². The van der Waals surface area contributed by atoms with E-state index in [9.17, 15) is 4.79 Å². The zero-order valence-electron chi connectivity index (χ0n) is 17.2. The molecule has 0 unspecified atom stereocenters. The maximum atomic E-state index is 13.1. The summed E-state index contributed by atoms with van der Waals surface area (Å²) >= 11 is 1.62. The number of nitrogens with zero attached hydrogens (tertiary/aromatic N) is 4. The SMILES string of the molecule is N#CCCN(C(=O)/C=C/c1cn(-c2ccccc2)nc1-c1cccs1)C1CCOCC1. The van der Waals surface area contributed by atoms with Gasteiger partial charge in [-0.05, 0) is 42.5 Å². The van der Waals surface area contributed by atoms with Crippen LogP contribution in [0.5, 0.6) is 0 Å². The van der Waals surface area contributed by atoms with Gasteiger partial charge in [-0.25, -0.2) is 4.68 Å². The van der Waals surface area contributed by atoms with Gasteiger partial charge in [-0.1, -0.05) is 24.3 Å². The second-order valence-corrected chi connectivity index (χ2v) is 8.25. The van der Waals surface area contributed by atoms with Crippen LogP contribution in [0.15, 0.2) is 60.1 Å². The molecule has 3 aromatic rings. The maximum Gasteiger partial charge on any atom is 0.246 e. The van der Waals surface area contributed by atoms with Crippen molar-refractivity contribution in [2.45, 2.75) is 25.3 Å². The molecule has 7 heteroatoms. The lowest BCUT2D eigenvalue weighted by molar-refractivity contribution is -0.130. The highest BCUT2D eigenvalue weighted by molar-refractivity contribution is 7.13. The van der Waals surface area contributed by atoms with Crippen LogP contribution in [0.4, 0.5) is 0 Å². The van der Waals surface area contributed by atoms with Gasteiger partial charge in [0.2, 0.25) is 5.91 Å². The number of hydrogen-bond donors (Lipinski definition) is 0. The summed E-state index contributed by atoms with van der Waals surface area (Å²) in [6, 6.07) is 16.2. The van der Waals surface area contributed by atoms with E-state index in [4.69, 9.17) is 15.1 Å². The fraction of sp³-hybridized carbons (Fsp3) is 0.292. The van der Waals surface area contributed by atoms with Gasteiger partial charge in [0, 0.05) is 43.6 Å². The fourth-order valence-corrected chi connectivity index (χ4v) is 4.45. The van der Waals surface area contributed by atoms with E-state index >= 15 is 0 Å². The van der Waals surface area contributed by atoms with Crippen molar-refractivity contribution in [1.29, 1.82) is 5.26 Å². The molecule has 3 heterocycles. The normalized spacial score (nSPS) is 14.5. The number of carbonyl (C=O) groups is 1. The number of aromatic nitrogens is 2. The molecule has 0 N–H and O–H groups in total. The molecule has 2 aromatic heterocycles. The highest BCUT2D eigenvalue weighted by atomic mass is 32.1. The van der Waals surface area contributed by atoms with E-state index in [-0.39, 0.29) is 11.9 Å². The zero-order valence-corrected chi connectivity index (χ0v) is 18.0. The van der Waals surface area contributed by atoms with E-state index in [0.29, 0.717) is 26.2 Å². The second-order valence-electron chi connectivity index (χ2n) is 7.31. The molecule has 1 aliphatic rings. The fourth-order valence-electron chi connectivity index (χ4n) is 3.72. The summed E-state index contributed by atoms with van der Waals surface area (Å²) in [7, 11) is 0. The number of nitriles is 1. The molecule has 0 aliphatic carbocycles. The lowest BCUT2D eigenvalue weighted by Crippen LogP contribution is -2.43. The number of para-hydroxylation sites is 1. The zero-order chi connectivity index (χ0) is 21.5. The summed E-state index contributed by atoms with van der Waals surface area (Å²) in [6.45, 7) is 1.74. The van der Waals surface area contributed by atoms with E-state index in [0.717, 1.165) is 34.7 Å². The molecule has 4 rings (SSSR count). The van der Waals surface area contributed by atoms with E-state index in [2.05, 4.69) is 6.07 Å². The average Bonchev–Trinajstić information content (AvgIpc) is 3.49. The molecule has 0 radical (unpaired) electrons. The van der Waals surface area contributed by atoms with E-state index in [1.54, 1.807) is 17.4 Å². The second kappa shape index (κ2) is 10.2. The van der Waals surface area contributed by atoms with Crippen molar-refractivity contribution < 1.29 is 9.53 Å². The molecular weight excluding hydrogens is 408 g/mol. The van der Waals surface area contributed by atoms with Crippen molar-refractivity contribution in [3.05, 3.63) is 65.7 Å². The third-order valence-corrected chi connectivity index (χ3v) is 6.18. The molecule has 0 saturated carbocycles. The minimum atomic E-state index is -0.0771. The molecule has 158 valence electrons. The first-order chi connectivity index (χ1) is 15.3. The molecule has 31 heavy (non-hydrogen) atoms. The lowest BCUT2D eigenvalue weighted by atomic mass is 10.1. The van der Waals surface area contributed by atoms with Crippen molar-refractivity contribution >= 4 is 23.3 Å². The van der Waals surface area contributed by atoms with Gasteiger partial charge in [0.15, 0.2) is 0 Å². The monoisotopic (exact) mass is 432 g/mol. The van der Waals surface area contributed by atoms with Gasteiger partial charge < -0.3 is 9.64 Å². The van der Waals surface area contributed by atoms with Crippen molar-refractivity contribution in [2.24, 2.45) is 0 Å². The van der Waals surface area contributed by atoms with Crippen LogP contribution in [0.1, 0.15) is 24.8 Å². The first kappa shape index (κ1) is 21.0. The standard InChI is InChI=1S/C24H24N4O2S/c25-13-5-14-27(20-11-15-30-16-12-20)23(29)10-9-19-18-28(21-6-2-1-3-7-21)26-24(19)22-8-4-17-31-22/h1-4,6-10,17-18,20H,5,11-12,14-16H2/b10-9+. The number of carbonyl (C=O) groups excluding carboxylic acids is 1. The lowest BCUT2D eigenvalue weighted by Gasteiger charge is -2.33. The van der Waals surface area contributed by atoms with Gasteiger partial charge in [0.05, 0.1) is 23.1 Å². The Labute approximate surface area is 186 Å². The van der Waals surface area contributed by atoms with E-state index in [1.807, 2.05) is 69.7 Å². The Morgan fingerprint density at radius 3 is 2.77 bits per heavy atom. The Kier molecular flexibility index (Phi) is 6.92. The van der Waals surface area contributed by atoms with Crippen LogP contribution in [0, 0.1) is 11.3 Å². The Morgan fingerprint density at radius 2 is 2.06 bits per heavy atom. The molecule has 6 nitrogen and oxygen atoms in total. The first-order valence-electron chi connectivity index (χ1n) is 10.4.